The Labute approximate surface area is 166 Å². The van der Waals surface area contributed by atoms with Gasteiger partial charge in [-0.3, -0.25) is 0 Å². The van der Waals surface area contributed by atoms with Crippen LogP contribution in [0, 0.1) is 6.92 Å². The van der Waals surface area contributed by atoms with Crippen molar-refractivity contribution in [1.82, 2.24) is 4.31 Å². The summed E-state index contributed by atoms with van der Waals surface area (Å²) in [5.41, 5.74) is 0.950. The Hall–Kier alpha value is -1.93. The minimum atomic E-state index is -3.83. The van der Waals surface area contributed by atoms with Gasteiger partial charge in [0.2, 0.25) is 10.0 Å². The number of nitrogens with zero attached hydrogens (tertiary/aromatic N) is 1. The Kier molecular flexibility index (Phi) is 6.09. The highest BCUT2D eigenvalue weighted by molar-refractivity contribution is 7.89. The molecule has 152 valence electrons. The maximum absolute atomic E-state index is 13.0. The summed E-state index contributed by atoms with van der Waals surface area (Å²) in [6.45, 7) is 3.83. The molecule has 2 aromatic carbocycles. The van der Waals surface area contributed by atoms with Gasteiger partial charge < -0.3 is 14.9 Å². The predicted molar refractivity (Wildman–Crippen MR) is 107 cm³/mol. The van der Waals surface area contributed by atoms with Crippen LogP contribution in [0.25, 0.3) is 0 Å². The smallest absolute Gasteiger partial charge is 0.243 e. The van der Waals surface area contributed by atoms with Gasteiger partial charge in [-0.1, -0.05) is 24.3 Å². The molecule has 2 N–H and O–H groups in total. The molecule has 1 aliphatic heterocycles. The molecule has 1 heterocycles. The number of hydrogen-bond donors (Lipinski definition) is 2. The highest BCUT2D eigenvalue weighted by Crippen LogP contribution is 2.32. The lowest BCUT2D eigenvalue weighted by Gasteiger charge is -2.43. The number of sulfonamides is 1. The molecule has 6 nitrogen and oxygen atoms in total. The number of ether oxygens (including phenoxy) is 1. The molecular weight excluding hydrogens is 378 g/mol. The quantitative estimate of drug-likeness (QED) is 0.771. The SMILES string of the molecule is Cc1ccccc1COc1ccc(S(=O)(=O)N2CCCC(C)(O)C2CO)cc1. The van der Waals surface area contributed by atoms with E-state index in [4.69, 9.17) is 4.74 Å². The van der Waals surface area contributed by atoms with Crippen molar-refractivity contribution in [1.29, 1.82) is 0 Å². The standard InChI is InChI=1S/C21H27NO5S/c1-16-6-3-4-7-17(16)15-27-18-8-10-19(11-9-18)28(25,26)22-13-5-12-21(2,24)20(22)14-23/h3-4,6-11,20,23-24H,5,12-15H2,1-2H3. The Morgan fingerprint density at radius 3 is 2.50 bits per heavy atom. The molecule has 1 aliphatic rings. The van der Waals surface area contributed by atoms with E-state index in [-0.39, 0.29) is 11.4 Å². The summed E-state index contributed by atoms with van der Waals surface area (Å²) in [5, 5.41) is 20.1. The predicted octanol–water partition coefficient (Wildman–Crippen LogP) is 2.47. The van der Waals surface area contributed by atoms with Gasteiger partial charge in [-0.05, 0) is 62.1 Å². The molecule has 28 heavy (non-hydrogen) atoms. The van der Waals surface area contributed by atoms with Crippen LogP contribution in [0.5, 0.6) is 5.75 Å². The van der Waals surface area contributed by atoms with Crippen LogP contribution in [0.2, 0.25) is 0 Å². The van der Waals surface area contributed by atoms with Gasteiger partial charge in [0.05, 0.1) is 23.1 Å². The molecule has 1 saturated heterocycles. The van der Waals surface area contributed by atoms with Crippen LogP contribution in [0.1, 0.15) is 30.9 Å². The Morgan fingerprint density at radius 1 is 1.18 bits per heavy atom. The molecule has 0 bridgehead atoms. The van der Waals surface area contributed by atoms with Crippen LogP contribution < -0.4 is 4.74 Å². The molecule has 0 aromatic heterocycles. The second-order valence-corrected chi connectivity index (χ2v) is 9.35. The summed E-state index contributed by atoms with van der Waals surface area (Å²) in [5.74, 6) is 0.576. The normalized spacial score (nSPS) is 23.5. The fourth-order valence-electron chi connectivity index (χ4n) is 3.58. The largest absolute Gasteiger partial charge is 0.489 e. The van der Waals surface area contributed by atoms with Gasteiger partial charge in [-0.15, -0.1) is 0 Å². The second-order valence-electron chi connectivity index (χ2n) is 7.46. The number of rotatable bonds is 6. The molecule has 0 spiro atoms. The minimum Gasteiger partial charge on any atom is -0.489 e. The molecule has 0 saturated carbocycles. The zero-order valence-corrected chi connectivity index (χ0v) is 17.0. The molecule has 2 unspecified atom stereocenters. The third-order valence-electron chi connectivity index (χ3n) is 5.39. The van der Waals surface area contributed by atoms with E-state index in [9.17, 15) is 18.6 Å². The summed E-state index contributed by atoms with van der Waals surface area (Å²) in [6, 6.07) is 13.3. The zero-order chi connectivity index (χ0) is 20.4. The van der Waals surface area contributed by atoms with Gasteiger partial charge in [0.1, 0.15) is 12.4 Å². The molecule has 7 heteroatoms. The molecule has 1 fully saturated rings. The number of piperidine rings is 1. The summed E-state index contributed by atoms with van der Waals surface area (Å²) >= 11 is 0. The maximum Gasteiger partial charge on any atom is 0.243 e. The Balaban J connectivity index is 1.75. The maximum atomic E-state index is 13.0. The number of benzene rings is 2. The average molecular weight is 406 g/mol. The van der Waals surface area contributed by atoms with Crippen molar-refractivity contribution in [2.24, 2.45) is 0 Å². The highest BCUT2D eigenvalue weighted by Gasteiger charge is 2.44. The van der Waals surface area contributed by atoms with Crippen molar-refractivity contribution in [3.05, 3.63) is 59.7 Å². The summed E-state index contributed by atoms with van der Waals surface area (Å²) in [4.78, 5) is 0.117. The first-order valence-electron chi connectivity index (χ1n) is 9.38. The first kappa shape index (κ1) is 20.8. The van der Waals surface area contributed by atoms with E-state index in [1.807, 2.05) is 31.2 Å². The second kappa shape index (κ2) is 8.21. The van der Waals surface area contributed by atoms with Gasteiger partial charge in [-0.2, -0.15) is 4.31 Å². The zero-order valence-electron chi connectivity index (χ0n) is 16.2. The molecule has 3 rings (SSSR count). The van der Waals surface area contributed by atoms with Gasteiger partial charge in [0.15, 0.2) is 0 Å². The number of aliphatic hydroxyl groups excluding tert-OH is 1. The topological polar surface area (TPSA) is 87.1 Å². The van der Waals surface area contributed by atoms with Gasteiger partial charge in [-0.25, -0.2) is 8.42 Å². The van der Waals surface area contributed by atoms with Gasteiger partial charge >= 0.3 is 0 Å². The van der Waals surface area contributed by atoms with Crippen molar-refractivity contribution < 1.29 is 23.4 Å². The van der Waals surface area contributed by atoms with Crippen molar-refractivity contribution >= 4 is 10.0 Å². The lowest BCUT2D eigenvalue weighted by molar-refractivity contribution is -0.0573. The van der Waals surface area contributed by atoms with E-state index in [1.54, 1.807) is 19.1 Å². The van der Waals surface area contributed by atoms with Crippen molar-refractivity contribution in [2.75, 3.05) is 13.2 Å². The van der Waals surface area contributed by atoms with E-state index in [1.165, 1.54) is 16.4 Å². The molecule has 0 amide bonds. The lowest BCUT2D eigenvalue weighted by atomic mass is 9.88. The van der Waals surface area contributed by atoms with E-state index < -0.39 is 28.3 Å². The molecule has 2 aromatic rings. The number of hydrogen-bond acceptors (Lipinski definition) is 5. The first-order chi connectivity index (χ1) is 13.3. The average Bonchev–Trinajstić information content (AvgIpc) is 2.67. The van der Waals surface area contributed by atoms with Crippen LogP contribution in [0.15, 0.2) is 53.4 Å². The van der Waals surface area contributed by atoms with E-state index in [0.29, 0.717) is 25.2 Å². The van der Waals surface area contributed by atoms with Crippen LogP contribution in [-0.2, 0) is 16.6 Å². The summed E-state index contributed by atoms with van der Waals surface area (Å²) in [7, 11) is -3.83. The van der Waals surface area contributed by atoms with Crippen molar-refractivity contribution in [3.8, 4) is 5.75 Å². The number of aliphatic hydroxyl groups is 2. The van der Waals surface area contributed by atoms with Gasteiger partial charge in [0, 0.05) is 6.54 Å². The third kappa shape index (κ3) is 4.22. The van der Waals surface area contributed by atoms with Crippen LogP contribution in [0.4, 0.5) is 0 Å². The van der Waals surface area contributed by atoms with Crippen molar-refractivity contribution in [3.63, 3.8) is 0 Å². The molecule has 2 atom stereocenters. The monoisotopic (exact) mass is 405 g/mol. The van der Waals surface area contributed by atoms with Crippen LogP contribution in [0.3, 0.4) is 0 Å². The molecule has 0 radical (unpaired) electrons. The molecular formula is C21H27NO5S. The van der Waals surface area contributed by atoms with Crippen LogP contribution in [-0.4, -0.2) is 47.7 Å². The summed E-state index contributed by atoms with van der Waals surface area (Å²) in [6.07, 6.45) is 0.996. The van der Waals surface area contributed by atoms with E-state index in [2.05, 4.69) is 0 Å². The first-order valence-corrected chi connectivity index (χ1v) is 10.8. The van der Waals surface area contributed by atoms with E-state index >= 15 is 0 Å². The Morgan fingerprint density at radius 2 is 1.86 bits per heavy atom. The van der Waals surface area contributed by atoms with Crippen molar-refractivity contribution in [2.45, 2.75) is 49.8 Å². The Bertz CT molecular complexity index is 909. The van der Waals surface area contributed by atoms with E-state index in [0.717, 1.165) is 11.1 Å². The molecule has 0 aliphatic carbocycles. The summed E-state index contributed by atoms with van der Waals surface area (Å²) < 4.78 is 33.1. The number of aryl methyl sites for hydroxylation is 1. The fraction of sp³-hybridized carbons (Fsp3) is 0.429. The third-order valence-corrected chi connectivity index (χ3v) is 7.31. The minimum absolute atomic E-state index is 0.117. The van der Waals surface area contributed by atoms with Crippen LogP contribution >= 0.6 is 0 Å². The highest BCUT2D eigenvalue weighted by atomic mass is 32.2. The fourth-order valence-corrected chi connectivity index (χ4v) is 5.33. The lowest BCUT2D eigenvalue weighted by Crippen LogP contribution is -2.58. The van der Waals surface area contributed by atoms with Gasteiger partial charge in [0.25, 0.3) is 0 Å².